The Morgan fingerprint density at radius 1 is 2.00 bits per heavy atom. The summed E-state index contributed by atoms with van der Waals surface area (Å²) in [5.74, 6) is 0. The first-order valence-corrected chi connectivity index (χ1v) is 2.71. The first-order valence-electron chi connectivity index (χ1n) is 1.60. The Hall–Kier alpha value is 0.0600. The smallest absolute Gasteiger partial charge is 0.0797 e. The minimum Gasteiger partial charge on any atom is -0.364 e. The van der Waals surface area contributed by atoms with Gasteiger partial charge in [0, 0.05) is 15.9 Å². The van der Waals surface area contributed by atoms with Crippen LogP contribution in [0.25, 0.3) is 0 Å². The monoisotopic (exact) mass is 105 g/mol. The summed E-state index contributed by atoms with van der Waals surface area (Å²) in [5, 5.41) is 0. The predicted octanol–water partition coefficient (Wildman–Crippen LogP) is 0.884. The van der Waals surface area contributed by atoms with Crippen molar-refractivity contribution < 1.29 is 4.52 Å². The molecule has 0 aromatic rings. The summed E-state index contributed by atoms with van der Waals surface area (Å²) in [6, 6.07) is 0. The highest BCUT2D eigenvalue weighted by atomic mass is 31.1. The molecule has 0 rings (SSSR count). The Morgan fingerprint density at radius 2 is 2.67 bits per heavy atom. The van der Waals surface area contributed by atoms with Crippen LogP contribution in [0.2, 0.25) is 0 Å². The largest absolute Gasteiger partial charge is 0.364 e. The molecule has 36 valence electrons. The van der Waals surface area contributed by atoms with Gasteiger partial charge in [0.2, 0.25) is 0 Å². The van der Waals surface area contributed by atoms with Crippen LogP contribution in [0.5, 0.6) is 0 Å². The van der Waals surface area contributed by atoms with Crippen LogP contribution >= 0.6 is 8.81 Å². The molecule has 2 nitrogen and oxygen atoms in total. The summed E-state index contributed by atoms with van der Waals surface area (Å²) < 4.78 is 4.68. The predicted molar refractivity (Wildman–Crippen MR) is 29.7 cm³/mol. The second-order valence-corrected chi connectivity index (χ2v) is 1.74. The van der Waals surface area contributed by atoms with Crippen molar-refractivity contribution >= 4 is 15.5 Å². The quantitative estimate of drug-likeness (QED) is 0.296. The average Bonchev–Trinajstić information content (AvgIpc) is 1.61. The molecule has 0 aromatic heterocycles. The molecule has 3 heteroatoms. The van der Waals surface area contributed by atoms with E-state index in [1.807, 2.05) is 0 Å². The zero-order chi connectivity index (χ0) is 4.83. The van der Waals surface area contributed by atoms with Crippen LogP contribution in [0.1, 0.15) is 0 Å². The van der Waals surface area contributed by atoms with Crippen LogP contribution in [0.3, 0.4) is 0 Å². The third-order valence-electron chi connectivity index (χ3n) is 0.321. The van der Waals surface area contributed by atoms with Gasteiger partial charge in [-0.2, -0.15) is 0 Å². The molecule has 1 unspecified atom stereocenters. The molecule has 0 aliphatic rings. The Labute approximate surface area is 39.5 Å². The lowest BCUT2D eigenvalue weighted by molar-refractivity contribution is 0.476. The topological polar surface area (TPSA) is 21.6 Å². The van der Waals surface area contributed by atoms with E-state index in [4.69, 9.17) is 0 Å². The van der Waals surface area contributed by atoms with Crippen molar-refractivity contribution in [3.05, 3.63) is 0 Å². The van der Waals surface area contributed by atoms with Crippen molar-refractivity contribution in [1.82, 2.24) is 0 Å². The maximum atomic E-state index is 4.68. The molecule has 0 aromatic carbocycles. The van der Waals surface area contributed by atoms with E-state index >= 15 is 0 Å². The number of nitrogens with zero attached hydrogens (tertiary/aromatic N) is 1. The molecular weight excluding hydrogens is 97.0 g/mol. The van der Waals surface area contributed by atoms with Gasteiger partial charge in [0.05, 0.1) is 6.29 Å². The molecular formula is C3H8NOP. The fourth-order valence-corrected chi connectivity index (χ4v) is 0.331. The summed E-state index contributed by atoms with van der Waals surface area (Å²) >= 11 is 0. The maximum Gasteiger partial charge on any atom is 0.0797 e. The minimum atomic E-state index is 0.486. The summed E-state index contributed by atoms with van der Waals surface area (Å²) in [6.07, 6.45) is 0.733. The van der Waals surface area contributed by atoms with E-state index < -0.39 is 0 Å². The lowest BCUT2D eigenvalue weighted by atomic mass is 11.4. The minimum absolute atomic E-state index is 0.486. The molecule has 0 saturated carbocycles. The molecule has 0 bridgehead atoms. The summed E-state index contributed by atoms with van der Waals surface area (Å²) in [4.78, 5) is 3.56. The van der Waals surface area contributed by atoms with Gasteiger partial charge in [0.1, 0.15) is 0 Å². The Balaban J connectivity index is 2.49. The highest BCUT2D eigenvalue weighted by Crippen LogP contribution is 2.06. The zero-order valence-electron chi connectivity index (χ0n) is 3.77. The van der Waals surface area contributed by atoms with Gasteiger partial charge in [0.25, 0.3) is 0 Å². The van der Waals surface area contributed by atoms with E-state index in [0.717, 1.165) is 6.29 Å². The average molecular weight is 105 g/mol. The normalized spacial score (nSPS) is 10.2. The second-order valence-electron chi connectivity index (χ2n) is 0.730. The number of rotatable bonds is 3. The molecule has 0 saturated heterocycles. The fraction of sp³-hybridized carbons (Fsp3) is 0.667. The van der Waals surface area contributed by atoms with Crippen molar-refractivity contribution in [1.29, 1.82) is 0 Å². The number of hydrogen-bond donors (Lipinski definition) is 0. The Bertz CT molecular complexity index is 39.8. The third-order valence-corrected chi connectivity index (χ3v) is 0.962. The van der Waals surface area contributed by atoms with Crippen LogP contribution in [-0.4, -0.2) is 20.1 Å². The van der Waals surface area contributed by atoms with Gasteiger partial charge in [-0.25, -0.2) is 0 Å². The van der Waals surface area contributed by atoms with Gasteiger partial charge in [-0.1, -0.05) is 0 Å². The van der Waals surface area contributed by atoms with Crippen molar-refractivity contribution in [3.8, 4) is 0 Å². The van der Waals surface area contributed by atoms with Gasteiger partial charge in [0.15, 0.2) is 0 Å². The van der Waals surface area contributed by atoms with Crippen LogP contribution < -0.4 is 0 Å². The van der Waals surface area contributed by atoms with Crippen molar-refractivity contribution in [2.24, 2.45) is 4.99 Å². The first kappa shape index (κ1) is 6.06. The molecule has 0 spiro atoms. The van der Waals surface area contributed by atoms with Gasteiger partial charge in [-0.05, 0) is 6.72 Å². The molecule has 0 aliphatic carbocycles. The highest BCUT2D eigenvalue weighted by molar-refractivity contribution is 7.32. The molecule has 0 amide bonds. The van der Waals surface area contributed by atoms with Crippen LogP contribution in [0.4, 0.5) is 0 Å². The summed E-state index contributed by atoms with van der Waals surface area (Å²) in [7, 11) is 2.14. The fourth-order valence-electron chi connectivity index (χ4n) is 0.110. The van der Waals surface area contributed by atoms with Crippen molar-refractivity contribution in [3.63, 3.8) is 0 Å². The molecule has 0 heterocycles. The van der Waals surface area contributed by atoms with Crippen LogP contribution in [0.15, 0.2) is 4.99 Å². The first-order chi connectivity index (χ1) is 2.91. The number of aliphatic imine (C=N–C) groups is 1. The lowest BCUT2D eigenvalue weighted by Crippen LogP contribution is -1.63. The van der Waals surface area contributed by atoms with E-state index in [-0.39, 0.29) is 0 Å². The molecule has 1 atom stereocenters. The molecule has 0 N–H and O–H groups in total. The SMILES string of the molecule is C=NCPOC. The second kappa shape index (κ2) is 5.06. The maximum absolute atomic E-state index is 4.68. The van der Waals surface area contributed by atoms with Gasteiger partial charge in [-0.3, -0.25) is 4.99 Å². The summed E-state index contributed by atoms with van der Waals surface area (Å²) in [6.45, 7) is 3.28. The number of hydrogen-bond acceptors (Lipinski definition) is 2. The van der Waals surface area contributed by atoms with E-state index in [9.17, 15) is 0 Å². The van der Waals surface area contributed by atoms with E-state index in [2.05, 4.69) is 16.2 Å². The molecule has 0 aliphatic heterocycles. The standard InChI is InChI=1S/C3H8NOP/c1-4-3-6-5-2/h6H,1,3H2,2H3. The van der Waals surface area contributed by atoms with Gasteiger partial charge >= 0.3 is 0 Å². The Kier molecular flexibility index (Phi) is 5.11. The van der Waals surface area contributed by atoms with Gasteiger partial charge in [-0.15, -0.1) is 0 Å². The van der Waals surface area contributed by atoms with Crippen molar-refractivity contribution in [2.75, 3.05) is 13.4 Å². The van der Waals surface area contributed by atoms with Crippen LogP contribution in [0, 0.1) is 0 Å². The summed E-state index contributed by atoms with van der Waals surface area (Å²) in [5.41, 5.74) is 0. The lowest BCUT2D eigenvalue weighted by Gasteiger charge is -1.86. The van der Waals surface area contributed by atoms with Crippen LogP contribution in [-0.2, 0) is 4.52 Å². The Morgan fingerprint density at radius 3 is 2.83 bits per heavy atom. The van der Waals surface area contributed by atoms with E-state index in [0.29, 0.717) is 8.81 Å². The van der Waals surface area contributed by atoms with Gasteiger partial charge < -0.3 is 4.52 Å². The van der Waals surface area contributed by atoms with E-state index in [1.165, 1.54) is 0 Å². The van der Waals surface area contributed by atoms with E-state index in [1.54, 1.807) is 7.11 Å². The molecule has 0 fully saturated rings. The van der Waals surface area contributed by atoms with Crippen molar-refractivity contribution in [2.45, 2.75) is 0 Å². The molecule has 6 heavy (non-hydrogen) atoms. The zero-order valence-corrected chi connectivity index (χ0v) is 4.77. The molecule has 0 radical (unpaired) electrons. The third kappa shape index (κ3) is 4.06. The highest BCUT2D eigenvalue weighted by Gasteiger charge is 1.70.